The minimum atomic E-state index is -6.09. The number of rotatable bonds is 5. The van der Waals surface area contributed by atoms with E-state index < -0.39 is 15.6 Å². The molecule has 0 radical (unpaired) electrons. The third-order valence-electron chi connectivity index (χ3n) is 6.08. The molecule has 0 atom stereocenters. The number of halogens is 3. The molecule has 0 aliphatic carbocycles. The lowest BCUT2D eigenvalue weighted by atomic mass is 10.1. The van der Waals surface area contributed by atoms with Gasteiger partial charge in [-0.3, -0.25) is 0 Å². The van der Waals surface area contributed by atoms with E-state index in [4.69, 9.17) is 13.0 Å². The minimum Gasteiger partial charge on any atom is -0.741 e. The SMILES string of the molecule is CC[n+]1c(/C=C/c2cc(C)n(-c3ccccc3)c2C)ccc2cc(N(C)C)ccc21.O=S(=O)([O-])C(F)(F)F. The quantitative estimate of drug-likeness (QED) is 0.179. The maximum atomic E-state index is 10.7. The molecule has 2 aromatic heterocycles. The van der Waals surface area contributed by atoms with Gasteiger partial charge in [-0.05, 0) is 68.8 Å². The third-order valence-corrected chi connectivity index (χ3v) is 6.65. The number of alkyl halides is 3. The zero-order valence-corrected chi connectivity index (χ0v) is 22.6. The van der Waals surface area contributed by atoms with Gasteiger partial charge in [-0.25, -0.2) is 8.42 Å². The van der Waals surface area contributed by atoms with Crippen molar-refractivity contribution in [3.8, 4) is 5.69 Å². The molecule has 4 aromatic rings. The second-order valence-corrected chi connectivity index (χ2v) is 10.2. The van der Waals surface area contributed by atoms with Crippen LogP contribution >= 0.6 is 0 Å². The van der Waals surface area contributed by atoms with Gasteiger partial charge >= 0.3 is 5.51 Å². The van der Waals surface area contributed by atoms with Crippen LogP contribution in [-0.2, 0) is 16.7 Å². The van der Waals surface area contributed by atoms with Crippen LogP contribution in [0.1, 0.15) is 29.6 Å². The second-order valence-electron chi connectivity index (χ2n) is 8.87. The fourth-order valence-electron chi connectivity index (χ4n) is 4.21. The number of aromatic nitrogens is 2. The van der Waals surface area contributed by atoms with E-state index in [9.17, 15) is 13.2 Å². The lowest BCUT2D eigenvalue weighted by Gasteiger charge is -2.12. The molecule has 0 amide bonds. The Balaban J connectivity index is 0.000000436. The molecule has 6 nitrogen and oxygen atoms in total. The Morgan fingerprint density at radius 2 is 1.61 bits per heavy atom. The van der Waals surface area contributed by atoms with E-state index in [-0.39, 0.29) is 0 Å². The number of para-hydroxylation sites is 1. The number of aryl methyl sites for hydroxylation is 2. The van der Waals surface area contributed by atoms with Gasteiger partial charge in [0.25, 0.3) is 0 Å². The first-order valence-corrected chi connectivity index (χ1v) is 13.2. The highest BCUT2D eigenvalue weighted by molar-refractivity contribution is 7.86. The number of hydrogen-bond acceptors (Lipinski definition) is 4. The monoisotopic (exact) mass is 545 g/mol. The highest BCUT2D eigenvalue weighted by atomic mass is 32.2. The number of pyridine rings is 1. The summed E-state index contributed by atoms with van der Waals surface area (Å²) >= 11 is 0. The number of fused-ring (bicyclic) bond motifs is 1. The molecule has 38 heavy (non-hydrogen) atoms. The highest BCUT2D eigenvalue weighted by Crippen LogP contribution is 2.24. The fraction of sp³-hybridized carbons (Fsp3) is 0.250. The second kappa shape index (κ2) is 11.4. The predicted octanol–water partition coefficient (Wildman–Crippen LogP) is 5.84. The molecule has 4 rings (SSSR count). The lowest BCUT2D eigenvalue weighted by molar-refractivity contribution is -0.669. The molecule has 0 aliphatic rings. The minimum absolute atomic E-state index is 0.932. The van der Waals surface area contributed by atoms with E-state index in [1.54, 1.807) is 0 Å². The first-order chi connectivity index (χ1) is 17.7. The maximum Gasteiger partial charge on any atom is 0.485 e. The average molecular weight is 546 g/mol. The van der Waals surface area contributed by atoms with Gasteiger partial charge < -0.3 is 14.0 Å². The molecule has 10 heteroatoms. The number of benzene rings is 2. The Hall–Kier alpha value is -3.63. The van der Waals surface area contributed by atoms with Crippen molar-refractivity contribution < 1.29 is 30.7 Å². The predicted molar refractivity (Wildman–Crippen MR) is 144 cm³/mol. The van der Waals surface area contributed by atoms with Gasteiger partial charge in [0, 0.05) is 60.5 Å². The van der Waals surface area contributed by atoms with Crippen molar-refractivity contribution in [1.82, 2.24) is 4.57 Å². The largest absolute Gasteiger partial charge is 0.741 e. The molecule has 2 aromatic carbocycles. The molecule has 0 fully saturated rings. The summed E-state index contributed by atoms with van der Waals surface area (Å²) in [4.78, 5) is 2.14. The Bertz CT molecular complexity index is 1560. The Kier molecular flexibility index (Phi) is 8.68. The number of hydrogen-bond donors (Lipinski definition) is 0. The Morgan fingerprint density at radius 3 is 2.16 bits per heavy atom. The normalized spacial score (nSPS) is 12.0. The van der Waals surface area contributed by atoms with Crippen LogP contribution in [0.2, 0.25) is 0 Å². The molecule has 202 valence electrons. The first kappa shape index (κ1) is 28.9. The first-order valence-electron chi connectivity index (χ1n) is 11.8. The van der Waals surface area contributed by atoms with Crippen molar-refractivity contribution >= 4 is 38.9 Å². The van der Waals surface area contributed by atoms with E-state index in [1.807, 2.05) is 0 Å². The van der Waals surface area contributed by atoms with Crippen LogP contribution in [0.4, 0.5) is 18.9 Å². The summed E-state index contributed by atoms with van der Waals surface area (Å²) in [7, 11) is -1.93. The zero-order valence-electron chi connectivity index (χ0n) is 21.8. The Labute approximate surface area is 221 Å². The van der Waals surface area contributed by atoms with E-state index in [0.29, 0.717) is 0 Å². The summed E-state index contributed by atoms with van der Waals surface area (Å²) in [6.07, 6.45) is 4.48. The van der Waals surface area contributed by atoms with Crippen LogP contribution in [0, 0.1) is 13.8 Å². The average Bonchev–Trinajstić information content (AvgIpc) is 3.14. The van der Waals surface area contributed by atoms with Crippen LogP contribution in [-0.4, -0.2) is 37.1 Å². The molecule has 0 saturated carbocycles. The van der Waals surface area contributed by atoms with Gasteiger partial charge in [-0.1, -0.05) is 18.2 Å². The van der Waals surface area contributed by atoms with Gasteiger partial charge in [-0.15, -0.1) is 0 Å². The molecule has 0 N–H and O–H groups in total. The summed E-state index contributed by atoms with van der Waals surface area (Å²) in [6, 6.07) is 23.9. The summed E-state index contributed by atoms with van der Waals surface area (Å²) in [5, 5.41) is 1.27. The topological polar surface area (TPSA) is 69.2 Å². The van der Waals surface area contributed by atoms with Gasteiger partial charge in [0.15, 0.2) is 10.1 Å². The van der Waals surface area contributed by atoms with Crippen molar-refractivity contribution in [2.75, 3.05) is 19.0 Å². The van der Waals surface area contributed by atoms with Crippen molar-refractivity contribution in [1.29, 1.82) is 0 Å². The van der Waals surface area contributed by atoms with Crippen molar-refractivity contribution in [2.24, 2.45) is 0 Å². The van der Waals surface area contributed by atoms with Gasteiger partial charge in [0.05, 0.1) is 0 Å². The molecular formula is C28H30F3N3O3S. The fourth-order valence-corrected chi connectivity index (χ4v) is 4.21. The van der Waals surface area contributed by atoms with E-state index >= 15 is 0 Å². The van der Waals surface area contributed by atoms with Crippen molar-refractivity contribution in [3.05, 3.63) is 89.4 Å². The van der Waals surface area contributed by atoms with E-state index in [0.717, 1.165) is 6.54 Å². The summed E-state index contributed by atoms with van der Waals surface area (Å²) in [5.41, 5.74) is 3.02. The lowest BCUT2D eigenvalue weighted by Crippen LogP contribution is -2.36. The smallest absolute Gasteiger partial charge is 0.485 e. The maximum absolute atomic E-state index is 10.7. The van der Waals surface area contributed by atoms with E-state index in [2.05, 4.69) is 128 Å². The van der Waals surface area contributed by atoms with Crippen LogP contribution in [0.25, 0.3) is 28.7 Å². The van der Waals surface area contributed by atoms with Crippen LogP contribution in [0.15, 0.2) is 66.7 Å². The molecule has 0 unspecified atom stereocenters. The van der Waals surface area contributed by atoms with Gasteiger partial charge in [0.1, 0.15) is 6.54 Å². The zero-order chi connectivity index (χ0) is 28.3. The molecule has 0 bridgehead atoms. The van der Waals surface area contributed by atoms with Gasteiger partial charge in [0.2, 0.25) is 11.2 Å². The summed E-state index contributed by atoms with van der Waals surface area (Å²) in [6.45, 7) is 7.50. The Morgan fingerprint density at radius 1 is 0.974 bits per heavy atom. The van der Waals surface area contributed by atoms with Crippen molar-refractivity contribution in [3.63, 3.8) is 0 Å². The van der Waals surface area contributed by atoms with Crippen LogP contribution < -0.4 is 9.47 Å². The number of nitrogens with zero attached hydrogens (tertiary/aromatic N) is 3. The highest BCUT2D eigenvalue weighted by Gasteiger charge is 2.36. The van der Waals surface area contributed by atoms with Gasteiger partial charge in [-0.2, -0.15) is 17.7 Å². The third kappa shape index (κ3) is 6.43. The van der Waals surface area contributed by atoms with Crippen LogP contribution in [0.5, 0.6) is 0 Å². The van der Waals surface area contributed by atoms with Crippen LogP contribution in [0.3, 0.4) is 0 Å². The molecule has 0 aliphatic heterocycles. The molecule has 2 heterocycles. The standard InChI is InChI=1S/C27H30N3.CHF3O3S/c1-6-29-24(15-13-23-19-26(28(4)5)16-17-27(23)29)14-12-22-18-20(2)30(21(22)3)25-10-8-7-9-11-25;2-1(3,4)8(5,6)7/h7-19H,6H2,1-5H3;(H,5,6,7)/q+1;/p-1. The summed E-state index contributed by atoms with van der Waals surface area (Å²) < 4.78 is 63.6. The molecule has 0 saturated heterocycles. The number of anilines is 1. The molecular weight excluding hydrogens is 515 g/mol. The summed E-state index contributed by atoms with van der Waals surface area (Å²) in [5.74, 6) is 0. The molecule has 0 spiro atoms. The van der Waals surface area contributed by atoms with E-state index in [1.165, 1.54) is 44.9 Å². The van der Waals surface area contributed by atoms with Crippen molar-refractivity contribution in [2.45, 2.75) is 32.8 Å².